The highest BCUT2D eigenvalue weighted by atomic mass is 32.1. The van der Waals surface area contributed by atoms with Crippen molar-refractivity contribution < 1.29 is 4.39 Å². The number of benzene rings is 2. The second-order valence-corrected chi connectivity index (χ2v) is 8.10. The zero-order valence-corrected chi connectivity index (χ0v) is 16.3. The molecule has 0 bridgehead atoms. The lowest BCUT2D eigenvalue weighted by Gasteiger charge is -2.31. The second kappa shape index (κ2) is 8.24. The van der Waals surface area contributed by atoms with Crippen LogP contribution in [0.5, 0.6) is 0 Å². The summed E-state index contributed by atoms with van der Waals surface area (Å²) in [6, 6.07) is 16.4. The number of hydrogen-bond acceptors (Lipinski definition) is 4. The fourth-order valence-corrected chi connectivity index (χ4v) is 4.65. The summed E-state index contributed by atoms with van der Waals surface area (Å²) in [6.45, 7) is 2.79. The fourth-order valence-electron chi connectivity index (χ4n) is 3.70. The van der Waals surface area contributed by atoms with E-state index in [4.69, 9.17) is 0 Å². The Morgan fingerprint density at radius 2 is 1.64 bits per heavy atom. The first kappa shape index (κ1) is 18.8. The molecule has 0 amide bonds. The van der Waals surface area contributed by atoms with E-state index in [-0.39, 0.29) is 29.0 Å². The van der Waals surface area contributed by atoms with Crippen LogP contribution in [0.1, 0.15) is 30.0 Å². The van der Waals surface area contributed by atoms with Crippen molar-refractivity contribution in [3.05, 3.63) is 91.7 Å². The molecule has 1 aliphatic heterocycles. The van der Waals surface area contributed by atoms with Gasteiger partial charge in [-0.25, -0.2) is 17.7 Å². The van der Waals surface area contributed by atoms with Gasteiger partial charge in [0.15, 0.2) is 0 Å². The quantitative estimate of drug-likeness (QED) is 0.662. The van der Waals surface area contributed by atoms with Crippen LogP contribution >= 0.6 is 11.5 Å². The van der Waals surface area contributed by atoms with Gasteiger partial charge in [-0.2, -0.15) is 0 Å². The molecule has 1 fully saturated rings. The van der Waals surface area contributed by atoms with Crippen LogP contribution in [0.25, 0.3) is 0 Å². The normalized spacial score (nSPS) is 15.8. The van der Waals surface area contributed by atoms with E-state index in [1.807, 2.05) is 18.2 Å². The van der Waals surface area contributed by atoms with Gasteiger partial charge >= 0.3 is 10.6 Å². The fraction of sp³-hybridized carbons (Fsp3) is 0.333. The number of nitrogens with zero attached hydrogens (tertiary/aromatic N) is 3. The topological polar surface area (TPSA) is 47.2 Å². The second-order valence-electron chi connectivity index (χ2n) is 7.17. The summed E-state index contributed by atoms with van der Waals surface area (Å²) in [5, 5.41) is 0. The lowest BCUT2D eigenvalue weighted by molar-refractivity contribution is 0.182. The van der Waals surface area contributed by atoms with Crippen molar-refractivity contribution in [2.75, 3.05) is 13.1 Å². The van der Waals surface area contributed by atoms with Crippen molar-refractivity contribution in [1.29, 1.82) is 0 Å². The standard InChI is InChI=1S/C21H22FN3O2S/c22-18-8-4-7-17(13-18)15-24-20(26)25(28-21(24)27)19-9-11-23(12-10-19)14-16-5-2-1-3-6-16/h1-8,13,19H,9-12,14-15H2. The minimum atomic E-state index is -0.369. The number of aromatic nitrogens is 2. The smallest absolute Gasteiger partial charge is 0.299 e. The molecule has 1 aromatic heterocycles. The predicted molar refractivity (Wildman–Crippen MR) is 108 cm³/mol. The molecule has 7 heteroatoms. The van der Waals surface area contributed by atoms with Crippen LogP contribution in [0.3, 0.4) is 0 Å². The third-order valence-electron chi connectivity index (χ3n) is 5.18. The molecule has 0 unspecified atom stereocenters. The third-order valence-corrected chi connectivity index (χ3v) is 6.21. The highest BCUT2D eigenvalue weighted by Gasteiger charge is 2.24. The number of likely N-dealkylation sites (tertiary alicyclic amines) is 1. The van der Waals surface area contributed by atoms with E-state index in [1.165, 1.54) is 22.3 Å². The molecule has 0 radical (unpaired) electrons. The molecule has 1 saturated heterocycles. The Bertz CT molecular complexity index is 1050. The van der Waals surface area contributed by atoms with Gasteiger partial charge in [-0.15, -0.1) is 0 Å². The van der Waals surface area contributed by atoms with Crippen LogP contribution in [-0.4, -0.2) is 26.5 Å². The lowest BCUT2D eigenvalue weighted by Crippen LogP contribution is -2.37. The molecule has 5 nitrogen and oxygen atoms in total. The first-order valence-corrected chi connectivity index (χ1v) is 10.2. The molecule has 0 N–H and O–H groups in total. The van der Waals surface area contributed by atoms with Gasteiger partial charge in [0, 0.05) is 31.2 Å². The first-order chi connectivity index (χ1) is 13.6. The molecule has 0 saturated carbocycles. The number of hydrogen-bond donors (Lipinski definition) is 0. The summed E-state index contributed by atoms with van der Waals surface area (Å²) in [7, 11) is 0. The number of halogens is 1. The van der Waals surface area contributed by atoms with E-state index in [2.05, 4.69) is 17.0 Å². The molecular weight excluding hydrogens is 377 g/mol. The van der Waals surface area contributed by atoms with E-state index < -0.39 is 0 Å². The van der Waals surface area contributed by atoms with E-state index in [0.29, 0.717) is 5.56 Å². The molecule has 3 aromatic rings. The maximum Gasteiger partial charge on any atom is 0.341 e. The van der Waals surface area contributed by atoms with E-state index in [0.717, 1.165) is 44.0 Å². The van der Waals surface area contributed by atoms with Crippen LogP contribution < -0.4 is 10.6 Å². The van der Waals surface area contributed by atoms with Crippen molar-refractivity contribution in [2.24, 2.45) is 0 Å². The molecule has 4 rings (SSSR count). The molecular formula is C21H22FN3O2S. The van der Waals surface area contributed by atoms with Crippen molar-refractivity contribution in [1.82, 2.24) is 13.4 Å². The van der Waals surface area contributed by atoms with Gasteiger partial charge in [-0.1, -0.05) is 42.5 Å². The number of piperidine rings is 1. The Morgan fingerprint density at radius 3 is 2.36 bits per heavy atom. The van der Waals surface area contributed by atoms with Crippen LogP contribution in [0, 0.1) is 5.82 Å². The summed E-state index contributed by atoms with van der Waals surface area (Å²) in [5.41, 5.74) is 1.60. The van der Waals surface area contributed by atoms with Crippen LogP contribution in [-0.2, 0) is 13.1 Å². The Morgan fingerprint density at radius 1 is 0.929 bits per heavy atom. The SMILES string of the molecule is O=c1sn(C2CCN(Cc3ccccc3)CC2)c(=O)n1Cc1cccc(F)c1. The monoisotopic (exact) mass is 399 g/mol. The zero-order chi connectivity index (χ0) is 19.5. The third kappa shape index (κ3) is 4.15. The Balaban J connectivity index is 1.44. The summed E-state index contributed by atoms with van der Waals surface area (Å²) in [4.78, 5) is 27.2. The van der Waals surface area contributed by atoms with E-state index >= 15 is 0 Å². The molecule has 0 aliphatic carbocycles. The van der Waals surface area contributed by atoms with Gasteiger partial charge in [0.1, 0.15) is 5.82 Å². The van der Waals surface area contributed by atoms with Crippen molar-refractivity contribution in [3.63, 3.8) is 0 Å². The van der Waals surface area contributed by atoms with Gasteiger partial charge in [0.2, 0.25) is 0 Å². The molecule has 0 atom stereocenters. The van der Waals surface area contributed by atoms with Crippen LogP contribution in [0.2, 0.25) is 0 Å². The average Bonchev–Trinajstić information content (AvgIpc) is 2.98. The molecule has 0 spiro atoms. The Labute approximate surface area is 166 Å². The zero-order valence-electron chi connectivity index (χ0n) is 15.5. The predicted octanol–water partition coefficient (Wildman–Crippen LogP) is 3.10. The summed E-state index contributed by atoms with van der Waals surface area (Å²) in [5.74, 6) is -0.369. The molecule has 146 valence electrons. The van der Waals surface area contributed by atoms with Crippen molar-refractivity contribution in [2.45, 2.75) is 32.0 Å². The molecule has 2 aromatic carbocycles. The van der Waals surface area contributed by atoms with Crippen molar-refractivity contribution >= 4 is 11.5 Å². The van der Waals surface area contributed by atoms with Crippen LogP contribution in [0.15, 0.2) is 64.2 Å². The van der Waals surface area contributed by atoms with Gasteiger partial charge in [-0.05, 0) is 36.1 Å². The average molecular weight is 399 g/mol. The minimum absolute atomic E-state index is 0.0472. The highest BCUT2D eigenvalue weighted by Crippen LogP contribution is 2.23. The first-order valence-electron chi connectivity index (χ1n) is 9.43. The number of rotatable bonds is 5. The Kier molecular flexibility index (Phi) is 5.54. The Hall–Kier alpha value is -2.51. The molecule has 2 heterocycles. The highest BCUT2D eigenvalue weighted by molar-refractivity contribution is 7.03. The van der Waals surface area contributed by atoms with Gasteiger partial charge in [0.05, 0.1) is 12.6 Å². The maximum atomic E-state index is 13.4. The van der Waals surface area contributed by atoms with Gasteiger partial charge < -0.3 is 0 Å². The van der Waals surface area contributed by atoms with Crippen LogP contribution in [0.4, 0.5) is 4.39 Å². The summed E-state index contributed by atoms with van der Waals surface area (Å²) >= 11 is 0.975. The van der Waals surface area contributed by atoms with E-state index in [9.17, 15) is 14.0 Å². The minimum Gasteiger partial charge on any atom is -0.299 e. The van der Waals surface area contributed by atoms with Gasteiger partial charge in [0.25, 0.3) is 0 Å². The summed E-state index contributed by atoms with van der Waals surface area (Å²) in [6.07, 6.45) is 1.68. The summed E-state index contributed by atoms with van der Waals surface area (Å²) < 4.78 is 16.2. The maximum absolute atomic E-state index is 13.4. The van der Waals surface area contributed by atoms with Crippen molar-refractivity contribution in [3.8, 4) is 0 Å². The van der Waals surface area contributed by atoms with E-state index in [1.54, 1.807) is 16.1 Å². The molecule has 28 heavy (non-hydrogen) atoms. The largest absolute Gasteiger partial charge is 0.341 e. The lowest BCUT2D eigenvalue weighted by atomic mass is 10.0. The molecule has 1 aliphatic rings. The van der Waals surface area contributed by atoms with Gasteiger partial charge in [-0.3, -0.25) is 9.69 Å².